The van der Waals surface area contributed by atoms with Gasteiger partial charge in [0.05, 0.1) is 0 Å². The van der Waals surface area contributed by atoms with Crippen molar-refractivity contribution >= 4 is 5.91 Å². The van der Waals surface area contributed by atoms with Crippen molar-refractivity contribution in [2.45, 2.75) is 38.3 Å². The van der Waals surface area contributed by atoms with Gasteiger partial charge in [-0.3, -0.25) is 9.69 Å². The van der Waals surface area contributed by atoms with Gasteiger partial charge in [-0.05, 0) is 33.7 Å². The van der Waals surface area contributed by atoms with Crippen LogP contribution in [0.5, 0.6) is 0 Å². The Bertz CT molecular complexity index is 393. The highest BCUT2D eigenvalue weighted by Gasteiger charge is 2.43. The molecule has 3 aliphatic heterocycles. The van der Waals surface area contributed by atoms with Gasteiger partial charge in [-0.2, -0.15) is 0 Å². The van der Waals surface area contributed by atoms with Crippen molar-refractivity contribution in [3.05, 3.63) is 0 Å². The zero-order valence-electron chi connectivity index (χ0n) is 13.7. The monoisotopic (exact) mass is 295 g/mol. The molecule has 1 unspecified atom stereocenters. The van der Waals surface area contributed by atoms with Gasteiger partial charge in [0.25, 0.3) is 0 Å². The molecule has 21 heavy (non-hydrogen) atoms. The molecule has 1 amide bonds. The van der Waals surface area contributed by atoms with Gasteiger partial charge >= 0.3 is 0 Å². The zero-order valence-corrected chi connectivity index (χ0v) is 13.7. The van der Waals surface area contributed by atoms with Crippen molar-refractivity contribution < 1.29 is 9.53 Å². The average molecular weight is 295 g/mol. The van der Waals surface area contributed by atoms with Gasteiger partial charge in [-0.1, -0.05) is 0 Å². The number of piperazine rings is 2. The largest absolute Gasteiger partial charge is 0.381 e. The van der Waals surface area contributed by atoms with Crippen LogP contribution in [0.4, 0.5) is 0 Å². The van der Waals surface area contributed by atoms with Crippen molar-refractivity contribution in [1.82, 2.24) is 14.7 Å². The van der Waals surface area contributed by atoms with Crippen molar-refractivity contribution in [2.24, 2.45) is 5.92 Å². The Kier molecular flexibility index (Phi) is 4.26. The van der Waals surface area contributed by atoms with E-state index in [1.165, 1.54) is 0 Å². The van der Waals surface area contributed by atoms with Crippen LogP contribution >= 0.6 is 0 Å². The van der Waals surface area contributed by atoms with Crippen molar-refractivity contribution in [1.29, 1.82) is 0 Å². The molecule has 0 saturated carbocycles. The highest BCUT2D eigenvalue weighted by Crippen LogP contribution is 2.28. The summed E-state index contributed by atoms with van der Waals surface area (Å²) < 4.78 is 5.38. The number of carbonyl (C=O) groups excluding carboxylic acids is 1. The van der Waals surface area contributed by atoms with Crippen LogP contribution in [0, 0.1) is 5.92 Å². The third-order valence-corrected chi connectivity index (χ3v) is 5.32. The second kappa shape index (κ2) is 5.86. The fraction of sp³-hybridized carbons (Fsp3) is 0.938. The maximum Gasteiger partial charge on any atom is 0.225 e. The van der Waals surface area contributed by atoms with Crippen LogP contribution in [0.25, 0.3) is 0 Å². The third kappa shape index (κ3) is 3.10. The second-order valence-corrected chi connectivity index (χ2v) is 7.53. The topological polar surface area (TPSA) is 36.0 Å². The summed E-state index contributed by atoms with van der Waals surface area (Å²) in [5.41, 5.74) is 0.214. The van der Waals surface area contributed by atoms with E-state index in [-0.39, 0.29) is 11.5 Å². The highest BCUT2D eigenvalue weighted by molar-refractivity contribution is 5.79. The Morgan fingerprint density at radius 2 is 1.86 bits per heavy atom. The maximum atomic E-state index is 12.7. The lowest BCUT2D eigenvalue weighted by Crippen LogP contribution is -2.69. The predicted molar refractivity (Wildman–Crippen MR) is 82.2 cm³/mol. The molecule has 0 spiro atoms. The zero-order chi connectivity index (χ0) is 15.0. The Hall–Kier alpha value is -0.650. The van der Waals surface area contributed by atoms with Crippen molar-refractivity contribution in [3.63, 3.8) is 0 Å². The van der Waals surface area contributed by atoms with E-state index >= 15 is 0 Å². The normalized spacial score (nSPS) is 32.0. The molecule has 3 heterocycles. The fourth-order valence-electron chi connectivity index (χ4n) is 4.39. The number of rotatable bonds is 1. The van der Waals surface area contributed by atoms with E-state index in [1.807, 2.05) is 0 Å². The summed E-state index contributed by atoms with van der Waals surface area (Å²) in [5, 5.41) is 0. The van der Waals surface area contributed by atoms with Gasteiger partial charge in [0.15, 0.2) is 0 Å². The minimum absolute atomic E-state index is 0.194. The Balaban J connectivity index is 1.64. The number of hydrogen-bond donors (Lipinski definition) is 0. The SMILES string of the molecule is CN1CC2CN(C(=O)C3CCOCC3)CCN2C(C)(C)C1. The number of ether oxygens (including phenoxy) is 1. The lowest BCUT2D eigenvalue weighted by molar-refractivity contribution is -0.145. The molecule has 1 atom stereocenters. The predicted octanol–water partition coefficient (Wildman–Crippen LogP) is 0.650. The molecular formula is C16H29N3O2. The summed E-state index contributed by atoms with van der Waals surface area (Å²) in [5.74, 6) is 0.559. The molecule has 3 saturated heterocycles. The Morgan fingerprint density at radius 3 is 2.57 bits per heavy atom. The van der Waals surface area contributed by atoms with Crippen LogP contribution in [0.2, 0.25) is 0 Å². The van der Waals surface area contributed by atoms with E-state index in [0.717, 1.165) is 58.8 Å². The highest BCUT2D eigenvalue weighted by atomic mass is 16.5. The van der Waals surface area contributed by atoms with E-state index in [1.54, 1.807) is 0 Å². The number of carbonyl (C=O) groups is 1. The quantitative estimate of drug-likeness (QED) is 0.712. The number of fused-ring (bicyclic) bond motifs is 1. The van der Waals surface area contributed by atoms with Crippen molar-refractivity contribution in [2.75, 3.05) is 53.0 Å². The van der Waals surface area contributed by atoms with E-state index in [2.05, 4.69) is 35.6 Å². The van der Waals surface area contributed by atoms with Gasteiger partial charge in [0.2, 0.25) is 5.91 Å². The lowest BCUT2D eigenvalue weighted by Gasteiger charge is -2.55. The van der Waals surface area contributed by atoms with Gasteiger partial charge in [-0.25, -0.2) is 0 Å². The fourth-order valence-corrected chi connectivity index (χ4v) is 4.39. The molecule has 3 fully saturated rings. The van der Waals surface area contributed by atoms with Crippen molar-refractivity contribution in [3.8, 4) is 0 Å². The number of nitrogens with zero attached hydrogens (tertiary/aromatic N) is 3. The molecule has 0 aromatic heterocycles. The third-order valence-electron chi connectivity index (χ3n) is 5.32. The maximum absolute atomic E-state index is 12.7. The molecule has 0 radical (unpaired) electrons. The van der Waals surface area contributed by atoms with Crippen LogP contribution in [0.3, 0.4) is 0 Å². The van der Waals surface area contributed by atoms with Crippen LogP contribution in [-0.2, 0) is 9.53 Å². The Morgan fingerprint density at radius 1 is 1.14 bits per heavy atom. The second-order valence-electron chi connectivity index (χ2n) is 7.53. The summed E-state index contributed by atoms with van der Waals surface area (Å²) in [6, 6.07) is 0.483. The number of likely N-dealkylation sites (N-methyl/N-ethyl adjacent to an activating group) is 1. The minimum atomic E-state index is 0.194. The molecule has 0 bridgehead atoms. The number of hydrogen-bond acceptors (Lipinski definition) is 4. The van der Waals surface area contributed by atoms with E-state index in [4.69, 9.17) is 4.74 Å². The van der Waals surface area contributed by atoms with Crippen LogP contribution in [-0.4, -0.2) is 85.2 Å². The van der Waals surface area contributed by atoms with Gasteiger partial charge in [0.1, 0.15) is 0 Å². The van der Waals surface area contributed by atoms with E-state index < -0.39 is 0 Å². The van der Waals surface area contributed by atoms with Gasteiger partial charge in [-0.15, -0.1) is 0 Å². The standard InChI is InChI=1S/C16H29N3O2/c1-16(2)12-17(3)10-14-11-18(6-7-19(14)16)15(20)13-4-8-21-9-5-13/h13-14H,4-12H2,1-3H3. The first-order chi connectivity index (χ1) is 9.97. The summed E-state index contributed by atoms with van der Waals surface area (Å²) in [4.78, 5) is 19.8. The molecule has 0 N–H and O–H groups in total. The first-order valence-electron chi connectivity index (χ1n) is 8.29. The summed E-state index contributed by atoms with van der Waals surface area (Å²) >= 11 is 0. The molecule has 3 aliphatic rings. The molecule has 0 aromatic carbocycles. The molecule has 0 aromatic rings. The average Bonchev–Trinajstić information content (AvgIpc) is 2.45. The van der Waals surface area contributed by atoms with Crippen LogP contribution < -0.4 is 0 Å². The first kappa shape index (κ1) is 15.3. The van der Waals surface area contributed by atoms with E-state index in [0.29, 0.717) is 11.9 Å². The van der Waals surface area contributed by atoms with Gasteiger partial charge in [0, 0.05) is 63.4 Å². The van der Waals surface area contributed by atoms with Gasteiger partial charge < -0.3 is 14.5 Å². The Labute approximate surface area is 128 Å². The molecular weight excluding hydrogens is 266 g/mol. The summed E-state index contributed by atoms with van der Waals surface area (Å²) in [6.45, 7) is 11.1. The smallest absolute Gasteiger partial charge is 0.225 e. The summed E-state index contributed by atoms with van der Waals surface area (Å²) in [7, 11) is 2.19. The molecule has 5 heteroatoms. The molecule has 5 nitrogen and oxygen atoms in total. The summed E-state index contributed by atoms with van der Waals surface area (Å²) in [6.07, 6.45) is 1.80. The molecule has 0 aliphatic carbocycles. The van der Waals surface area contributed by atoms with Crippen LogP contribution in [0.1, 0.15) is 26.7 Å². The van der Waals surface area contributed by atoms with Crippen LogP contribution in [0.15, 0.2) is 0 Å². The molecule has 3 rings (SSSR count). The first-order valence-corrected chi connectivity index (χ1v) is 8.29. The number of amides is 1. The minimum Gasteiger partial charge on any atom is -0.381 e. The molecule has 120 valence electrons. The van der Waals surface area contributed by atoms with E-state index in [9.17, 15) is 4.79 Å². The lowest BCUT2D eigenvalue weighted by atomic mass is 9.92.